The van der Waals surface area contributed by atoms with E-state index in [0.29, 0.717) is 11.7 Å². The van der Waals surface area contributed by atoms with E-state index >= 15 is 0 Å². The van der Waals surface area contributed by atoms with Gasteiger partial charge in [-0.2, -0.15) is 0 Å². The molecule has 19 heavy (non-hydrogen) atoms. The number of ketones is 1. The van der Waals surface area contributed by atoms with Crippen LogP contribution in [0.2, 0.25) is 0 Å². The molecule has 1 aromatic carbocycles. The first kappa shape index (κ1) is 14.3. The Morgan fingerprint density at radius 2 is 1.84 bits per heavy atom. The Labute approximate surface area is 117 Å². The van der Waals surface area contributed by atoms with Crippen LogP contribution in [0.5, 0.6) is 0 Å². The molecule has 2 rings (SSSR count). The lowest BCUT2D eigenvalue weighted by Gasteiger charge is -2.30. The normalized spacial score (nSPS) is 18.2. The van der Waals surface area contributed by atoms with E-state index in [2.05, 4.69) is 37.3 Å². The highest BCUT2D eigenvalue weighted by atomic mass is 16.1. The summed E-state index contributed by atoms with van der Waals surface area (Å²) in [6.07, 6.45) is 9.15. The van der Waals surface area contributed by atoms with Gasteiger partial charge in [-0.15, -0.1) is 0 Å². The minimum Gasteiger partial charge on any atom is -0.300 e. The predicted octanol–water partition coefficient (Wildman–Crippen LogP) is 5.11. The van der Waals surface area contributed by atoms with E-state index in [4.69, 9.17) is 0 Å². The van der Waals surface area contributed by atoms with Crippen LogP contribution < -0.4 is 0 Å². The molecule has 0 amide bonds. The Bertz CT molecular complexity index is 376. The maximum atomic E-state index is 12.1. The molecule has 1 unspecified atom stereocenters. The third kappa shape index (κ3) is 4.19. The number of Topliss-reactive ketones (excluding diaryl/α,β-unsaturated/α-hetero) is 1. The molecule has 104 valence electrons. The molecule has 0 aromatic heterocycles. The Kier molecular flexibility index (Phi) is 5.62. The SMILES string of the molecule is CCCC(=O)CC(c1ccccc1)C1CCCCC1. The quantitative estimate of drug-likeness (QED) is 0.693. The third-order valence-electron chi connectivity index (χ3n) is 4.42. The first-order valence-electron chi connectivity index (χ1n) is 7.88. The second-order valence-corrected chi connectivity index (χ2v) is 5.91. The van der Waals surface area contributed by atoms with E-state index in [-0.39, 0.29) is 0 Å². The molecule has 1 atom stereocenters. The number of hydrogen-bond acceptors (Lipinski definition) is 1. The Hall–Kier alpha value is -1.11. The number of rotatable bonds is 6. The maximum Gasteiger partial charge on any atom is 0.133 e. The highest BCUT2D eigenvalue weighted by molar-refractivity contribution is 5.79. The van der Waals surface area contributed by atoms with Crippen molar-refractivity contribution in [2.75, 3.05) is 0 Å². The summed E-state index contributed by atoms with van der Waals surface area (Å²) in [6.45, 7) is 2.09. The number of carbonyl (C=O) groups is 1. The zero-order valence-electron chi connectivity index (χ0n) is 12.1. The lowest BCUT2D eigenvalue weighted by molar-refractivity contribution is -0.119. The molecule has 1 heteroatoms. The van der Waals surface area contributed by atoms with Crippen LogP contribution in [0, 0.1) is 5.92 Å². The van der Waals surface area contributed by atoms with Crippen LogP contribution in [0.4, 0.5) is 0 Å². The fourth-order valence-corrected chi connectivity index (χ4v) is 3.42. The molecule has 0 saturated heterocycles. The van der Waals surface area contributed by atoms with E-state index in [9.17, 15) is 4.79 Å². The van der Waals surface area contributed by atoms with Gasteiger partial charge < -0.3 is 0 Å². The van der Waals surface area contributed by atoms with Crippen molar-refractivity contribution < 1.29 is 4.79 Å². The van der Waals surface area contributed by atoms with Crippen molar-refractivity contribution in [3.63, 3.8) is 0 Å². The maximum absolute atomic E-state index is 12.1. The van der Waals surface area contributed by atoms with E-state index in [0.717, 1.165) is 25.2 Å². The molecular formula is C18H26O. The molecule has 0 bridgehead atoms. The summed E-state index contributed by atoms with van der Waals surface area (Å²) in [5, 5.41) is 0. The topological polar surface area (TPSA) is 17.1 Å². The highest BCUT2D eigenvalue weighted by Gasteiger charge is 2.26. The van der Waals surface area contributed by atoms with E-state index < -0.39 is 0 Å². The molecule has 1 aliphatic rings. The monoisotopic (exact) mass is 258 g/mol. The number of carbonyl (C=O) groups excluding carboxylic acids is 1. The van der Waals surface area contributed by atoms with Crippen molar-refractivity contribution in [1.82, 2.24) is 0 Å². The van der Waals surface area contributed by atoms with Gasteiger partial charge in [0.05, 0.1) is 0 Å². The van der Waals surface area contributed by atoms with Crippen molar-refractivity contribution in [3.8, 4) is 0 Å². The molecule has 0 aliphatic heterocycles. The molecule has 0 N–H and O–H groups in total. The van der Waals surface area contributed by atoms with Crippen LogP contribution >= 0.6 is 0 Å². The Balaban J connectivity index is 2.10. The van der Waals surface area contributed by atoms with Crippen molar-refractivity contribution in [2.45, 2.75) is 64.2 Å². The average Bonchev–Trinajstić information content (AvgIpc) is 2.47. The second-order valence-electron chi connectivity index (χ2n) is 5.91. The van der Waals surface area contributed by atoms with Crippen molar-refractivity contribution in [3.05, 3.63) is 35.9 Å². The molecule has 1 fully saturated rings. The van der Waals surface area contributed by atoms with Crippen LogP contribution in [0.15, 0.2) is 30.3 Å². The van der Waals surface area contributed by atoms with E-state index in [1.54, 1.807) is 0 Å². The lowest BCUT2D eigenvalue weighted by atomic mass is 9.74. The summed E-state index contributed by atoms with van der Waals surface area (Å²) in [4.78, 5) is 12.1. The van der Waals surface area contributed by atoms with E-state index in [1.807, 2.05) is 0 Å². The Morgan fingerprint density at radius 3 is 2.47 bits per heavy atom. The fourth-order valence-electron chi connectivity index (χ4n) is 3.42. The van der Waals surface area contributed by atoms with Crippen LogP contribution in [-0.2, 0) is 4.79 Å². The van der Waals surface area contributed by atoms with Crippen LogP contribution in [0.1, 0.15) is 69.8 Å². The molecule has 0 spiro atoms. The zero-order chi connectivity index (χ0) is 13.5. The van der Waals surface area contributed by atoms with Gasteiger partial charge in [0.1, 0.15) is 5.78 Å². The molecule has 0 radical (unpaired) electrons. The summed E-state index contributed by atoms with van der Waals surface area (Å²) >= 11 is 0. The van der Waals surface area contributed by atoms with Crippen molar-refractivity contribution in [1.29, 1.82) is 0 Å². The van der Waals surface area contributed by atoms with Gasteiger partial charge in [-0.1, -0.05) is 56.5 Å². The van der Waals surface area contributed by atoms with Crippen LogP contribution in [0.25, 0.3) is 0 Å². The van der Waals surface area contributed by atoms with E-state index in [1.165, 1.54) is 37.7 Å². The first-order chi connectivity index (χ1) is 9.31. The summed E-state index contributed by atoms with van der Waals surface area (Å²) in [7, 11) is 0. The zero-order valence-corrected chi connectivity index (χ0v) is 12.1. The summed E-state index contributed by atoms with van der Waals surface area (Å²) in [5.74, 6) is 1.62. The second kappa shape index (κ2) is 7.47. The number of benzene rings is 1. The lowest BCUT2D eigenvalue weighted by Crippen LogP contribution is -2.19. The Morgan fingerprint density at radius 1 is 1.16 bits per heavy atom. The van der Waals surface area contributed by atoms with Gasteiger partial charge in [-0.25, -0.2) is 0 Å². The van der Waals surface area contributed by atoms with Crippen molar-refractivity contribution in [2.24, 2.45) is 5.92 Å². The molecule has 1 nitrogen and oxygen atoms in total. The van der Waals surface area contributed by atoms with Gasteiger partial charge in [-0.05, 0) is 36.7 Å². The summed E-state index contributed by atoms with van der Waals surface area (Å²) in [5.41, 5.74) is 1.37. The smallest absolute Gasteiger partial charge is 0.133 e. The standard InChI is InChI=1S/C18H26O/c1-2-9-17(19)14-18(15-10-5-3-6-11-15)16-12-7-4-8-13-16/h3,5-6,10-11,16,18H,2,4,7-9,12-14H2,1H3. The summed E-state index contributed by atoms with van der Waals surface area (Å²) < 4.78 is 0. The molecule has 1 aliphatic carbocycles. The first-order valence-corrected chi connectivity index (χ1v) is 7.88. The number of hydrogen-bond donors (Lipinski definition) is 0. The predicted molar refractivity (Wildman–Crippen MR) is 80.3 cm³/mol. The summed E-state index contributed by atoms with van der Waals surface area (Å²) in [6, 6.07) is 10.7. The fraction of sp³-hybridized carbons (Fsp3) is 0.611. The van der Waals surface area contributed by atoms with Crippen molar-refractivity contribution >= 4 is 5.78 Å². The van der Waals surface area contributed by atoms with Gasteiger partial charge in [0.15, 0.2) is 0 Å². The van der Waals surface area contributed by atoms with Crippen LogP contribution in [-0.4, -0.2) is 5.78 Å². The van der Waals surface area contributed by atoms with Gasteiger partial charge in [0, 0.05) is 12.8 Å². The molecule has 1 saturated carbocycles. The van der Waals surface area contributed by atoms with Gasteiger partial charge in [0.25, 0.3) is 0 Å². The molecular weight excluding hydrogens is 232 g/mol. The minimum absolute atomic E-state index is 0.446. The van der Waals surface area contributed by atoms with Gasteiger partial charge in [-0.3, -0.25) is 4.79 Å². The molecule has 0 heterocycles. The average molecular weight is 258 g/mol. The highest BCUT2D eigenvalue weighted by Crippen LogP contribution is 2.38. The van der Waals surface area contributed by atoms with Gasteiger partial charge >= 0.3 is 0 Å². The largest absolute Gasteiger partial charge is 0.300 e. The van der Waals surface area contributed by atoms with Gasteiger partial charge in [0.2, 0.25) is 0 Å². The third-order valence-corrected chi connectivity index (χ3v) is 4.42. The molecule has 1 aromatic rings. The minimum atomic E-state index is 0.446. The van der Waals surface area contributed by atoms with Crippen LogP contribution in [0.3, 0.4) is 0 Å².